The van der Waals surface area contributed by atoms with Crippen molar-refractivity contribution >= 4 is 21.6 Å². The molecule has 0 aromatic heterocycles. The van der Waals surface area contributed by atoms with E-state index in [1.54, 1.807) is 6.07 Å². The molecule has 21 heavy (non-hydrogen) atoms. The van der Waals surface area contributed by atoms with Crippen molar-refractivity contribution in [1.82, 2.24) is 4.31 Å². The van der Waals surface area contributed by atoms with Crippen molar-refractivity contribution in [3.05, 3.63) is 23.2 Å². The Morgan fingerprint density at radius 3 is 2.90 bits per heavy atom. The van der Waals surface area contributed by atoms with E-state index in [2.05, 4.69) is 0 Å². The second-order valence-electron chi connectivity index (χ2n) is 5.24. The van der Waals surface area contributed by atoms with E-state index in [4.69, 9.17) is 22.1 Å². The summed E-state index contributed by atoms with van der Waals surface area (Å²) in [5.41, 5.74) is 5.58. The molecule has 0 bridgehead atoms. The van der Waals surface area contributed by atoms with Gasteiger partial charge in [0.25, 0.3) is 0 Å². The molecule has 1 unspecified atom stereocenters. The predicted molar refractivity (Wildman–Crippen MR) is 83.2 cm³/mol. The summed E-state index contributed by atoms with van der Waals surface area (Å²) in [6.07, 6.45) is 2.74. The Morgan fingerprint density at radius 2 is 2.24 bits per heavy atom. The number of benzene rings is 1. The van der Waals surface area contributed by atoms with Gasteiger partial charge in [-0.3, -0.25) is 0 Å². The number of hydrogen-bond acceptors (Lipinski definition) is 4. The van der Waals surface area contributed by atoms with Gasteiger partial charge in [0.2, 0.25) is 10.0 Å². The zero-order chi connectivity index (χ0) is 15.5. The molecular formula is C14H21ClN2O3S. The summed E-state index contributed by atoms with van der Waals surface area (Å²) in [7, 11) is -2.12. The van der Waals surface area contributed by atoms with Crippen LogP contribution in [0.3, 0.4) is 0 Å². The van der Waals surface area contributed by atoms with Gasteiger partial charge in [0, 0.05) is 24.2 Å². The molecule has 2 rings (SSSR count). The van der Waals surface area contributed by atoms with Gasteiger partial charge in [-0.15, -0.1) is 0 Å². The highest BCUT2D eigenvalue weighted by Crippen LogP contribution is 2.32. The number of ether oxygens (including phenoxy) is 1. The minimum absolute atomic E-state index is 0.169. The molecule has 1 aliphatic rings. The van der Waals surface area contributed by atoms with Gasteiger partial charge in [0.1, 0.15) is 10.6 Å². The Labute approximate surface area is 131 Å². The molecule has 1 aromatic rings. The SMILES string of the molecule is COc1cc(Cl)ccc1S(=O)(=O)N1CCCC(CCN)C1. The molecule has 0 aliphatic carbocycles. The molecule has 1 fully saturated rings. The van der Waals surface area contributed by atoms with Crippen LogP contribution in [0.2, 0.25) is 5.02 Å². The van der Waals surface area contributed by atoms with Crippen molar-refractivity contribution in [2.45, 2.75) is 24.2 Å². The molecular weight excluding hydrogens is 312 g/mol. The van der Waals surface area contributed by atoms with Crippen LogP contribution in [-0.2, 0) is 10.0 Å². The molecule has 1 heterocycles. The van der Waals surface area contributed by atoms with Crippen molar-refractivity contribution in [2.24, 2.45) is 11.7 Å². The zero-order valence-corrected chi connectivity index (χ0v) is 13.7. The highest BCUT2D eigenvalue weighted by Gasteiger charge is 2.32. The van der Waals surface area contributed by atoms with Crippen LogP contribution < -0.4 is 10.5 Å². The number of methoxy groups -OCH3 is 1. The molecule has 7 heteroatoms. The first-order valence-corrected chi connectivity index (χ1v) is 8.84. The van der Waals surface area contributed by atoms with Gasteiger partial charge in [-0.05, 0) is 43.9 Å². The van der Waals surface area contributed by atoms with E-state index in [1.165, 1.54) is 23.5 Å². The smallest absolute Gasteiger partial charge is 0.246 e. The first kappa shape index (κ1) is 16.5. The Bertz CT molecular complexity index is 590. The fraction of sp³-hybridized carbons (Fsp3) is 0.571. The number of sulfonamides is 1. The molecule has 5 nitrogen and oxygen atoms in total. The van der Waals surface area contributed by atoms with Crippen LogP contribution in [-0.4, -0.2) is 39.5 Å². The molecule has 1 atom stereocenters. The molecule has 1 saturated heterocycles. The first-order chi connectivity index (χ1) is 9.98. The number of piperidine rings is 1. The molecule has 1 aromatic carbocycles. The van der Waals surface area contributed by atoms with Crippen LogP contribution in [0.25, 0.3) is 0 Å². The zero-order valence-electron chi connectivity index (χ0n) is 12.1. The molecule has 0 spiro atoms. The van der Waals surface area contributed by atoms with Crippen LogP contribution in [0.4, 0.5) is 0 Å². The summed E-state index contributed by atoms with van der Waals surface area (Å²) in [5.74, 6) is 0.611. The average molecular weight is 333 g/mol. The lowest BCUT2D eigenvalue weighted by atomic mass is 9.96. The summed E-state index contributed by atoms with van der Waals surface area (Å²) >= 11 is 5.89. The van der Waals surface area contributed by atoms with E-state index in [-0.39, 0.29) is 10.6 Å². The number of nitrogens with two attached hydrogens (primary N) is 1. The number of hydrogen-bond donors (Lipinski definition) is 1. The lowest BCUT2D eigenvalue weighted by molar-refractivity contribution is 0.257. The van der Waals surface area contributed by atoms with Crippen molar-refractivity contribution in [1.29, 1.82) is 0 Å². The second kappa shape index (κ2) is 6.96. The number of rotatable bonds is 5. The Hall–Kier alpha value is -0.820. The normalized spacial score (nSPS) is 20.4. The van der Waals surface area contributed by atoms with Gasteiger partial charge in [-0.1, -0.05) is 11.6 Å². The maximum Gasteiger partial charge on any atom is 0.246 e. The molecule has 1 aliphatic heterocycles. The van der Waals surface area contributed by atoms with Crippen molar-refractivity contribution in [2.75, 3.05) is 26.7 Å². The van der Waals surface area contributed by atoms with Crippen LogP contribution in [0.15, 0.2) is 23.1 Å². The maximum atomic E-state index is 12.8. The number of halogens is 1. The Kier molecular flexibility index (Phi) is 5.48. The third-order valence-corrected chi connectivity index (χ3v) is 5.94. The summed E-state index contributed by atoms with van der Waals surface area (Å²) in [6.45, 7) is 1.64. The number of nitrogens with zero attached hydrogens (tertiary/aromatic N) is 1. The van der Waals surface area contributed by atoms with Crippen molar-refractivity contribution < 1.29 is 13.2 Å². The standard InChI is InChI=1S/C14H21ClN2O3S/c1-20-13-9-12(15)4-5-14(13)21(18,19)17-8-2-3-11(10-17)6-7-16/h4-5,9,11H,2-3,6-8,10,16H2,1H3. The van der Waals surface area contributed by atoms with Gasteiger partial charge in [0.15, 0.2) is 0 Å². The van der Waals surface area contributed by atoms with Crippen LogP contribution in [0.1, 0.15) is 19.3 Å². The van der Waals surface area contributed by atoms with Gasteiger partial charge in [-0.25, -0.2) is 8.42 Å². The average Bonchev–Trinajstić information content (AvgIpc) is 2.47. The van der Waals surface area contributed by atoms with Crippen molar-refractivity contribution in [3.8, 4) is 5.75 Å². The molecule has 0 amide bonds. The third kappa shape index (κ3) is 3.69. The van der Waals surface area contributed by atoms with E-state index in [0.29, 0.717) is 30.6 Å². The molecule has 0 radical (unpaired) electrons. The predicted octanol–water partition coefficient (Wildman–Crippen LogP) is 2.10. The Balaban J connectivity index is 2.29. The maximum absolute atomic E-state index is 12.8. The first-order valence-electron chi connectivity index (χ1n) is 7.02. The van der Waals surface area contributed by atoms with E-state index in [1.807, 2.05) is 0 Å². The van der Waals surface area contributed by atoms with Gasteiger partial charge in [-0.2, -0.15) is 4.31 Å². The summed E-state index contributed by atoms with van der Waals surface area (Å²) < 4.78 is 32.3. The molecule has 2 N–H and O–H groups in total. The minimum atomic E-state index is -3.56. The van der Waals surface area contributed by atoms with E-state index in [9.17, 15) is 8.42 Å². The van der Waals surface area contributed by atoms with Crippen LogP contribution in [0.5, 0.6) is 5.75 Å². The van der Waals surface area contributed by atoms with Crippen molar-refractivity contribution in [3.63, 3.8) is 0 Å². The van der Waals surface area contributed by atoms with Crippen LogP contribution >= 0.6 is 11.6 Å². The summed E-state index contributed by atoms with van der Waals surface area (Å²) in [6, 6.07) is 4.59. The monoisotopic (exact) mass is 332 g/mol. The van der Waals surface area contributed by atoms with E-state index in [0.717, 1.165) is 19.3 Å². The molecule has 118 valence electrons. The van der Waals surface area contributed by atoms with Gasteiger partial charge in [0.05, 0.1) is 7.11 Å². The van der Waals surface area contributed by atoms with E-state index < -0.39 is 10.0 Å². The minimum Gasteiger partial charge on any atom is -0.495 e. The largest absolute Gasteiger partial charge is 0.495 e. The highest BCUT2D eigenvalue weighted by atomic mass is 35.5. The fourth-order valence-corrected chi connectivity index (χ4v) is 4.56. The van der Waals surface area contributed by atoms with E-state index >= 15 is 0 Å². The van der Waals surface area contributed by atoms with Gasteiger partial charge >= 0.3 is 0 Å². The second-order valence-corrected chi connectivity index (χ2v) is 7.59. The third-order valence-electron chi connectivity index (χ3n) is 3.80. The lowest BCUT2D eigenvalue weighted by Gasteiger charge is -2.32. The lowest BCUT2D eigenvalue weighted by Crippen LogP contribution is -2.40. The fourth-order valence-electron chi connectivity index (χ4n) is 2.71. The van der Waals surface area contributed by atoms with Crippen LogP contribution in [0, 0.1) is 5.92 Å². The topological polar surface area (TPSA) is 72.6 Å². The summed E-state index contributed by atoms with van der Waals surface area (Å²) in [5, 5.41) is 0.449. The quantitative estimate of drug-likeness (QED) is 0.896. The van der Waals surface area contributed by atoms with Gasteiger partial charge < -0.3 is 10.5 Å². The summed E-state index contributed by atoms with van der Waals surface area (Å²) in [4.78, 5) is 0.169. The molecule has 0 saturated carbocycles. The highest BCUT2D eigenvalue weighted by molar-refractivity contribution is 7.89. The Morgan fingerprint density at radius 1 is 1.48 bits per heavy atom.